The van der Waals surface area contributed by atoms with Gasteiger partial charge < -0.3 is 15.4 Å². The standard InChI is InChI=1S/C10H18N4O2/c1-14(8-10(15)13-3-2-11)7-9-6-12-4-5-16-9/h9,12H,3-8H2,1H3,(H,13,15). The number of amides is 1. The van der Waals surface area contributed by atoms with Crippen molar-refractivity contribution < 1.29 is 9.53 Å². The maximum absolute atomic E-state index is 11.3. The highest BCUT2D eigenvalue weighted by Crippen LogP contribution is 1.98. The number of hydrogen-bond acceptors (Lipinski definition) is 5. The summed E-state index contributed by atoms with van der Waals surface area (Å²) in [6.07, 6.45) is 0.141. The third-order valence-corrected chi connectivity index (χ3v) is 2.30. The Morgan fingerprint density at radius 2 is 2.56 bits per heavy atom. The predicted molar refractivity (Wildman–Crippen MR) is 58.7 cm³/mol. The molecular formula is C10H18N4O2. The lowest BCUT2D eigenvalue weighted by Gasteiger charge is -2.27. The maximum Gasteiger partial charge on any atom is 0.234 e. The Balaban J connectivity index is 2.16. The molecule has 1 amide bonds. The molecular weight excluding hydrogens is 208 g/mol. The summed E-state index contributed by atoms with van der Waals surface area (Å²) in [7, 11) is 1.86. The van der Waals surface area contributed by atoms with Crippen LogP contribution < -0.4 is 10.6 Å². The zero-order valence-corrected chi connectivity index (χ0v) is 9.53. The van der Waals surface area contributed by atoms with Crippen LogP contribution in [-0.4, -0.2) is 63.3 Å². The van der Waals surface area contributed by atoms with E-state index in [1.165, 1.54) is 0 Å². The molecule has 6 heteroatoms. The Morgan fingerprint density at radius 3 is 3.19 bits per heavy atom. The normalized spacial score (nSPS) is 20.4. The highest BCUT2D eigenvalue weighted by molar-refractivity contribution is 5.78. The molecule has 0 aliphatic carbocycles. The molecule has 1 fully saturated rings. The van der Waals surface area contributed by atoms with Gasteiger partial charge in [0.25, 0.3) is 0 Å². The van der Waals surface area contributed by atoms with Gasteiger partial charge in [0.05, 0.1) is 25.3 Å². The van der Waals surface area contributed by atoms with Gasteiger partial charge in [-0.1, -0.05) is 0 Å². The zero-order valence-electron chi connectivity index (χ0n) is 9.53. The van der Waals surface area contributed by atoms with Gasteiger partial charge in [-0.25, -0.2) is 0 Å². The number of morpholine rings is 1. The molecule has 1 aliphatic rings. The number of nitrogens with zero attached hydrogens (tertiary/aromatic N) is 2. The number of rotatable bonds is 5. The zero-order chi connectivity index (χ0) is 11.8. The second-order valence-electron chi connectivity index (χ2n) is 3.83. The molecule has 1 aliphatic heterocycles. The fourth-order valence-electron chi connectivity index (χ4n) is 1.59. The smallest absolute Gasteiger partial charge is 0.234 e. The summed E-state index contributed by atoms with van der Waals surface area (Å²) in [6, 6.07) is 1.87. The van der Waals surface area contributed by atoms with Crippen molar-refractivity contribution >= 4 is 5.91 Å². The van der Waals surface area contributed by atoms with E-state index in [1.807, 2.05) is 18.0 Å². The lowest BCUT2D eigenvalue weighted by Crippen LogP contribution is -2.46. The van der Waals surface area contributed by atoms with E-state index in [-0.39, 0.29) is 18.6 Å². The lowest BCUT2D eigenvalue weighted by atomic mass is 10.3. The van der Waals surface area contributed by atoms with E-state index in [9.17, 15) is 4.79 Å². The average Bonchev–Trinajstić information content (AvgIpc) is 2.27. The molecule has 1 heterocycles. The van der Waals surface area contributed by atoms with Gasteiger partial charge >= 0.3 is 0 Å². The number of likely N-dealkylation sites (N-methyl/N-ethyl adjacent to an activating group) is 1. The second kappa shape index (κ2) is 7.17. The van der Waals surface area contributed by atoms with Gasteiger partial charge in [0.2, 0.25) is 5.91 Å². The minimum atomic E-state index is -0.132. The first-order valence-electron chi connectivity index (χ1n) is 5.37. The molecule has 1 saturated heterocycles. The van der Waals surface area contributed by atoms with Crippen LogP contribution in [0.2, 0.25) is 0 Å². The van der Waals surface area contributed by atoms with E-state index in [1.54, 1.807) is 0 Å². The Hall–Kier alpha value is -1.16. The van der Waals surface area contributed by atoms with Gasteiger partial charge in [0.1, 0.15) is 6.54 Å². The monoisotopic (exact) mass is 226 g/mol. The lowest BCUT2D eigenvalue weighted by molar-refractivity contribution is -0.122. The first kappa shape index (κ1) is 12.9. The van der Waals surface area contributed by atoms with E-state index >= 15 is 0 Å². The molecule has 1 unspecified atom stereocenters. The number of carbonyl (C=O) groups is 1. The number of hydrogen-bond donors (Lipinski definition) is 2. The van der Waals surface area contributed by atoms with Gasteiger partial charge in [0, 0.05) is 19.6 Å². The van der Waals surface area contributed by atoms with Crippen molar-refractivity contribution in [2.45, 2.75) is 6.10 Å². The fourth-order valence-corrected chi connectivity index (χ4v) is 1.59. The molecule has 0 radical (unpaired) electrons. The van der Waals surface area contributed by atoms with E-state index in [0.29, 0.717) is 13.1 Å². The van der Waals surface area contributed by atoms with Crippen LogP contribution in [-0.2, 0) is 9.53 Å². The molecule has 0 aromatic heterocycles. The fraction of sp³-hybridized carbons (Fsp3) is 0.800. The highest BCUT2D eigenvalue weighted by atomic mass is 16.5. The van der Waals surface area contributed by atoms with Gasteiger partial charge in [-0.2, -0.15) is 5.26 Å². The molecule has 1 rings (SSSR count). The number of carbonyl (C=O) groups excluding carboxylic acids is 1. The van der Waals surface area contributed by atoms with Crippen LogP contribution in [0.3, 0.4) is 0 Å². The van der Waals surface area contributed by atoms with Crippen LogP contribution in [0.4, 0.5) is 0 Å². The molecule has 2 N–H and O–H groups in total. The van der Waals surface area contributed by atoms with Gasteiger partial charge in [-0.15, -0.1) is 0 Å². The highest BCUT2D eigenvalue weighted by Gasteiger charge is 2.16. The first-order chi connectivity index (χ1) is 7.72. The predicted octanol–water partition coefficient (Wildman–Crippen LogP) is -1.45. The molecule has 0 aromatic rings. The molecule has 90 valence electrons. The summed E-state index contributed by atoms with van der Waals surface area (Å²) in [5.74, 6) is -0.132. The van der Waals surface area contributed by atoms with Crippen molar-refractivity contribution in [3.05, 3.63) is 0 Å². The summed E-state index contributed by atoms with van der Waals surface area (Å²) in [4.78, 5) is 13.2. The summed E-state index contributed by atoms with van der Waals surface area (Å²) in [6.45, 7) is 3.51. The van der Waals surface area contributed by atoms with Gasteiger partial charge in [-0.05, 0) is 7.05 Å². The molecule has 0 saturated carbocycles. The SMILES string of the molecule is CN(CC(=O)NCC#N)CC1CNCCO1. The van der Waals surface area contributed by atoms with Crippen LogP contribution in [0, 0.1) is 11.3 Å². The van der Waals surface area contributed by atoms with Crippen molar-refractivity contribution in [3.63, 3.8) is 0 Å². The largest absolute Gasteiger partial charge is 0.374 e. The quantitative estimate of drug-likeness (QED) is 0.561. The second-order valence-corrected chi connectivity index (χ2v) is 3.83. The van der Waals surface area contributed by atoms with E-state index < -0.39 is 0 Å². The minimum Gasteiger partial charge on any atom is -0.374 e. The number of ether oxygens (including phenoxy) is 1. The van der Waals surface area contributed by atoms with Crippen LogP contribution in [0.1, 0.15) is 0 Å². The first-order valence-corrected chi connectivity index (χ1v) is 5.37. The topological polar surface area (TPSA) is 77.4 Å². The molecule has 6 nitrogen and oxygen atoms in total. The molecule has 0 bridgehead atoms. The minimum absolute atomic E-state index is 0.0636. The Labute approximate surface area is 95.5 Å². The summed E-state index contributed by atoms with van der Waals surface area (Å²) >= 11 is 0. The van der Waals surface area contributed by atoms with E-state index in [4.69, 9.17) is 10.00 Å². The number of nitrogens with one attached hydrogen (secondary N) is 2. The molecule has 0 spiro atoms. The van der Waals surface area contributed by atoms with Crippen molar-refractivity contribution in [2.75, 3.05) is 46.4 Å². The average molecular weight is 226 g/mol. The third kappa shape index (κ3) is 5.07. The van der Waals surface area contributed by atoms with E-state index in [0.717, 1.165) is 19.7 Å². The summed E-state index contributed by atoms with van der Waals surface area (Å²) in [5.41, 5.74) is 0. The van der Waals surface area contributed by atoms with E-state index in [2.05, 4.69) is 10.6 Å². The van der Waals surface area contributed by atoms with Crippen LogP contribution in [0.5, 0.6) is 0 Å². The number of nitriles is 1. The molecule has 16 heavy (non-hydrogen) atoms. The summed E-state index contributed by atoms with van der Waals surface area (Å²) in [5, 5.41) is 14.0. The van der Waals surface area contributed by atoms with Crippen molar-refractivity contribution in [1.82, 2.24) is 15.5 Å². The van der Waals surface area contributed by atoms with Crippen molar-refractivity contribution in [2.24, 2.45) is 0 Å². The molecule has 1 atom stereocenters. The Bertz CT molecular complexity index is 258. The van der Waals surface area contributed by atoms with Gasteiger partial charge in [0.15, 0.2) is 0 Å². The van der Waals surface area contributed by atoms with Crippen molar-refractivity contribution in [3.8, 4) is 6.07 Å². The van der Waals surface area contributed by atoms with Crippen LogP contribution in [0.25, 0.3) is 0 Å². The van der Waals surface area contributed by atoms with Crippen LogP contribution in [0.15, 0.2) is 0 Å². The third-order valence-electron chi connectivity index (χ3n) is 2.30. The van der Waals surface area contributed by atoms with Crippen molar-refractivity contribution in [1.29, 1.82) is 5.26 Å². The maximum atomic E-state index is 11.3. The van der Waals surface area contributed by atoms with Gasteiger partial charge in [-0.3, -0.25) is 9.69 Å². The summed E-state index contributed by atoms with van der Waals surface area (Å²) < 4.78 is 5.52. The Morgan fingerprint density at radius 1 is 1.75 bits per heavy atom. The van der Waals surface area contributed by atoms with Crippen LogP contribution >= 0.6 is 0 Å². The Kier molecular flexibility index (Phi) is 5.78. The molecule has 0 aromatic carbocycles.